The zero-order chi connectivity index (χ0) is 11.7. The first-order valence-electron chi connectivity index (χ1n) is 5.41. The average molecular weight is 219 g/mol. The van der Waals surface area contributed by atoms with Gasteiger partial charge in [0.2, 0.25) is 0 Å². The third-order valence-electron chi connectivity index (χ3n) is 2.97. The van der Waals surface area contributed by atoms with Crippen molar-refractivity contribution >= 4 is 11.0 Å². The van der Waals surface area contributed by atoms with Crippen LogP contribution >= 0.6 is 0 Å². The van der Waals surface area contributed by atoms with Crippen LogP contribution in [0.15, 0.2) is 28.7 Å². The fourth-order valence-electron chi connectivity index (χ4n) is 1.77. The van der Waals surface area contributed by atoms with Crippen LogP contribution in [0.25, 0.3) is 11.0 Å². The molecule has 1 heterocycles. The van der Waals surface area contributed by atoms with E-state index < -0.39 is 0 Å². The Morgan fingerprint density at radius 2 is 2.12 bits per heavy atom. The molecule has 86 valence electrons. The van der Waals surface area contributed by atoms with Crippen LogP contribution in [-0.4, -0.2) is 13.2 Å². The average Bonchev–Trinajstić information content (AvgIpc) is 2.72. The van der Waals surface area contributed by atoms with E-state index in [2.05, 4.69) is 0 Å². The molecule has 16 heavy (non-hydrogen) atoms. The van der Waals surface area contributed by atoms with Crippen molar-refractivity contribution in [3.63, 3.8) is 0 Å². The molecular weight excluding hydrogens is 202 g/mol. The number of nitrogens with two attached hydrogens (primary N) is 1. The van der Waals surface area contributed by atoms with Gasteiger partial charge in [0.25, 0.3) is 0 Å². The Morgan fingerprint density at radius 3 is 2.75 bits per heavy atom. The number of para-hydroxylation sites is 1. The number of benzene rings is 1. The summed E-state index contributed by atoms with van der Waals surface area (Å²) in [5.74, 6) is 0.777. The number of methoxy groups -OCH3 is 1. The van der Waals surface area contributed by atoms with E-state index in [4.69, 9.17) is 14.9 Å². The first kappa shape index (κ1) is 11.2. The van der Waals surface area contributed by atoms with E-state index in [0.717, 1.165) is 22.3 Å². The van der Waals surface area contributed by atoms with Gasteiger partial charge in [0, 0.05) is 12.5 Å². The van der Waals surface area contributed by atoms with Crippen molar-refractivity contribution < 1.29 is 9.15 Å². The Kier molecular flexibility index (Phi) is 2.99. The largest absolute Gasteiger partial charge is 0.459 e. The zero-order valence-corrected chi connectivity index (χ0v) is 9.86. The predicted molar refractivity (Wildman–Crippen MR) is 64.4 cm³/mol. The monoisotopic (exact) mass is 219 g/mol. The van der Waals surface area contributed by atoms with Gasteiger partial charge in [-0.1, -0.05) is 18.2 Å². The molecule has 2 aromatic rings. The molecule has 0 aliphatic heterocycles. The minimum Gasteiger partial charge on any atom is -0.459 e. The molecule has 0 aliphatic carbocycles. The summed E-state index contributed by atoms with van der Waals surface area (Å²) >= 11 is 0. The first-order chi connectivity index (χ1) is 7.63. The van der Waals surface area contributed by atoms with Gasteiger partial charge in [-0.3, -0.25) is 0 Å². The van der Waals surface area contributed by atoms with E-state index in [0.29, 0.717) is 0 Å². The van der Waals surface area contributed by atoms with Crippen LogP contribution < -0.4 is 5.73 Å². The number of hydrogen-bond donors (Lipinski definition) is 1. The molecule has 0 fully saturated rings. The van der Waals surface area contributed by atoms with Crippen LogP contribution in [0.3, 0.4) is 0 Å². The maximum Gasteiger partial charge on any atom is 0.137 e. The van der Waals surface area contributed by atoms with E-state index in [9.17, 15) is 0 Å². The van der Waals surface area contributed by atoms with Crippen molar-refractivity contribution in [2.24, 2.45) is 5.73 Å². The highest BCUT2D eigenvalue weighted by atomic mass is 16.5. The van der Waals surface area contributed by atoms with Gasteiger partial charge >= 0.3 is 0 Å². The number of ether oxygens (including phenoxy) is 1. The summed E-state index contributed by atoms with van der Waals surface area (Å²) in [4.78, 5) is 0. The molecule has 0 radical (unpaired) electrons. The Bertz CT molecular complexity index is 490. The summed E-state index contributed by atoms with van der Waals surface area (Å²) in [7, 11) is 1.65. The highest BCUT2D eigenvalue weighted by Gasteiger charge is 2.18. The number of fused-ring (bicyclic) bond motifs is 1. The standard InChI is InChI=1S/C13H17NO2/c1-8-5-4-6-10-7-11(16-13(8)10)12(14)9(2)15-3/h4-7,9,12H,14H2,1-3H3. The summed E-state index contributed by atoms with van der Waals surface area (Å²) in [5, 5.41) is 1.09. The number of aryl methyl sites for hydroxylation is 1. The summed E-state index contributed by atoms with van der Waals surface area (Å²) in [6, 6.07) is 7.84. The summed E-state index contributed by atoms with van der Waals surface area (Å²) in [6.45, 7) is 3.96. The van der Waals surface area contributed by atoms with E-state index in [1.54, 1.807) is 7.11 Å². The third-order valence-corrected chi connectivity index (χ3v) is 2.97. The SMILES string of the molecule is COC(C)C(N)c1cc2cccc(C)c2o1. The lowest BCUT2D eigenvalue weighted by molar-refractivity contribution is 0.0895. The van der Waals surface area contributed by atoms with Gasteiger partial charge in [0.1, 0.15) is 11.3 Å². The molecule has 2 atom stereocenters. The molecular formula is C13H17NO2. The first-order valence-corrected chi connectivity index (χ1v) is 5.41. The number of hydrogen-bond acceptors (Lipinski definition) is 3. The van der Waals surface area contributed by atoms with Crippen molar-refractivity contribution in [1.82, 2.24) is 0 Å². The number of rotatable bonds is 3. The normalized spacial score (nSPS) is 15.2. The van der Waals surface area contributed by atoms with Crippen molar-refractivity contribution in [2.75, 3.05) is 7.11 Å². The maximum atomic E-state index is 6.04. The fourth-order valence-corrected chi connectivity index (χ4v) is 1.77. The maximum absolute atomic E-state index is 6.04. The predicted octanol–water partition coefficient (Wildman–Crippen LogP) is 2.78. The fraction of sp³-hybridized carbons (Fsp3) is 0.385. The minimum atomic E-state index is -0.225. The van der Waals surface area contributed by atoms with Gasteiger partial charge in [-0.05, 0) is 25.5 Å². The van der Waals surface area contributed by atoms with E-state index >= 15 is 0 Å². The molecule has 1 aromatic carbocycles. The van der Waals surface area contributed by atoms with Crippen LogP contribution in [0.1, 0.15) is 24.3 Å². The van der Waals surface area contributed by atoms with Gasteiger partial charge in [-0.15, -0.1) is 0 Å². The Labute approximate surface area is 95.2 Å². The molecule has 2 unspecified atom stereocenters. The van der Waals surface area contributed by atoms with Crippen molar-refractivity contribution in [1.29, 1.82) is 0 Å². The highest BCUT2D eigenvalue weighted by molar-refractivity contribution is 5.81. The summed E-state index contributed by atoms with van der Waals surface area (Å²) in [6.07, 6.45) is -0.0548. The van der Waals surface area contributed by atoms with Crippen molar-refractivity contribution in [2.45, 2.75) is 26.0 Å². The molecule has 0 amide bonds. The molecule has 0 aliphatic rings. The zero-order valence-electron chi connectivity index (χ0n) is 9.86. The second kappa shape index (κ2) is 4.28. The van der Waals surface area contributed by atoms with Crippen molar-refractivity contribution in [3.05, 3.63) is 35.6 Å². The topological polar surface area (TPSA) is 48.4 Å². The van der Waals surface area contributed by atoms with Crippen LogP contribution in [-0.2, 0) is 4.74 Å². The molecule has 1 aromatic heterocycles. The minimum absolute atomic E-state index is 0.0548. The molecule has 0 bridgehead atoms. The van der Waals surface area contributed by atoms with Gasteiger partial charge in [0.15, 0.2) is 0 Å². The Morgan fingerprint density at radius 1 is 1.38 bits per heavy atom. The van der Waals surface area contributed by atoms with Gasteiger partial charge < -0.3 is 14.9 Å². The van der Waals surface area contributed by atoms with Crippen LogP contribution in [0.4, 0.5) is 0 Å². The quantitative estimate of drug-likeness (QED) is 0.863. The van der Waals surface area contributed by atoms with Crippen LogP contribution in [0.5, 0.6) is 0 Å². The third kappa shape index (κ3) is 1.84. The van der Waals surface area contributed by atoms with Crippen molar-refractivity contribution in [3.8, 4) is 0 Å². The van der Waals surface area contributed by atoms with Gasteiger partial charge in [-0.25, -0.2) is 0 Å². The summed E-state index contributed by atoms with van der Waals surface area (Å²) < 4.78 is 11.0. The summed E-state index contributed by atoms with van der Waals surface area (Å²) in [5.41, 5.74) is 8.08. The molecule has 0 spiro atoms. The molecule has 3 heteroatoms. The smallest absolute Gasteiger partial charge is 0.137 e. The van der Waals surface area contributed by atoms with Gasteiger partial charge in [0.05, 0.1) is 12.1 Å². The highest BCUT2D eigenvalue weighted by Crippen LogP contribution is 2.27. The van der Waals surface area contributed by atoms with Crippen LogP contribution in [0, 0.1) is 6.92 Å². The van der Waals surface area contributed by atoms with Gasteiger partial charge in [-0.2, -0.15) is 0 Å². The second-order valence-electron chi connectivity index (χ2n) is 4.11. The van der Waals surface area contributed by atoms with E-state index in [1.807, 2.05) is 38.1 Å². The lowest BCUT2D eigenvalue weighted by atomic mass is 10.1. The molecule has 3 nitrogen and oxygen atoms in total. The second-order valence-corrected chi connectivity index (χ2v) is 4.11. The number of furan rings is 1. The Balaban J connectivity index is 2.43. The van der Waals surface area contributed by atoms with E-state index in [1.165, 1.54) is 0 Å². The Hall–Kier alpha value is -1.32. The lowest BCUT2D eigenvalue weighted by Gasteiger charge is -2.15. The molecule has 0 saturated heterocycles. The lowest BCUT2D eigenvalue weighted by Crippen LogP contribution is -2.24. The molecule has 2 N–H and O–H groups in total. The van der Waals surface area contributed by atoms with Crippen LogP contribution in [0.2, 0.25) is 0 Å². The van der Waals surface area contributed by atoms with E-state index in [-0.39, 0.29) is 12.1 Å². The molecule has 0 saturated carbocycles. The molecule has 2 rings (SSSR count).